The van der Waals surface area contributed by atoms with Gasteiger partial charge in [0.25, 0.3) is 0 Å². The van der Waals surface area contributed by atoms with Gasteiger partial charge < -0.3 is 40.1 Å². The number of ether oxygens (including phenoxy) is 2. The molecule has 1 heterocycles. The zero-order valence-corrected chi connectivity index (χ0v) is 16.2. The van der Waals surface area contributed by atoms with Crippen molar-refractivity contribution in [3.63, 3.8) is 0 Å². The normalized spacial score (nSPS) is 43.1. The first-order chi connectivity index (χ1) is 12.4. The van der Waals surface area contributed by atoms with Crippen LogP contribution >= 0.6 is 0 Å². The number of hydrogen-bond acceptors (Lipinski definition) is 8. The maximum atomic E-state index is 10.7. The highest BCUT2D eigenvalue weighted by atomic mass is 16.7. The number of rotatable bonds is 4. The molecule has 156 valence electrons. The summed E-state index contributed by atoms with van der Waals surface area (Å²) in [6.45, 7) is 6.62. The molecular formula is C19H32O8. The van der Waals surface area contributed by atoms with Crippen LogP contribution in [0.3, 0.4) is 0 Å². The molecule has 0 spiro atoms. The average molecular weight is 388 g/mol. The third-order valence-corrected chi connectivity index (χ3v) is 5.25. The minimum atomic E-state index is -1.50. The molecule has 1 aliphatic carbocycles. The summed E-state index contributed by atoms with van der Waals surface area (Å²) in [5, 5.41) is 59.5. The second-order valence-electron chi connectivity index (χ2n) is 8.44. The van der Waals surface area contributed by atoms with Gasteiger partial charge >= 0.3 is 0 Å². The molecule has 1 saturated carbocycles. The summed E-state index contributed by atoms with van der Waals surface area (Å²) in [6.07, 6.45) is -5.60. The van der Waals surface area contributed by atoms with Crippen molar-refractivity contribution in [3.8, 4) is 0 Å². The minimum Gasteiger partial charge on any atom is -0.394 e. The predicted molar refractivity (Wildman–Crippen MR) is 95.6 cm³/mol. The van der Waals surface area contributed by atoms with Gasteiger partial charge in [0.1, 0.15) is 24.4 Å². The van der Waals surface area contributed by atoms with E-state index >= 15 is 0 Å². The van der Waals surface area contributed by atoms with Crippen molar-refractivity contribution in [2.45, 2.75) is 89.1 Å². The first-order valence-electron chi connectivity index (χ1n) is 9.23. The summed E-state index contributed by atoms with van der Waals surface area (Å²) in [7, 11) is 0. The molecule has 0 amide bonds. The average Bonchev–Trinajstić information content (AvgIpc) is 2.52. The molecule has 0 bridgehead atoms. The van der Waals surface area contributed by atoms with Gasteiger partial charge in [0, 0.05) is 12.0 Å². The standard InChI is InChI=1S/C19H32O8/c1-10(26-17-16(24)15(23)14(22)12(9-20)27-17)5-6-13-18(2,3)7-11(21)8-19(13,4)25/h5,10-12,14-17,20-25H,7-9H2,1-4H3. The minimum absolute atomic E-state index is 0.217. The van der Waals surface area contributed by atoms with Crippen LogP contribution in [0.2, 0.25) is 0 Å². The van der Waals surface area contributed by atoms with E-state index in [1.807, 2.05) is 13.8 Å². The van der Waals surface area contributed by atoms with E-state index in [1.165, 1.54) is 0 Å². The van der Waals surface area contributed by atoms with E-state index in [0.29, 0.717) is 12.0 Å². The van der Waals surface area contributed by atoms with E-state index in [1.54, 1.807) is 19.9 Å². The Morgan fingerprint density at radius 2 is 1.78 bits per heavy atom. The molecular weight excluding hydrogens is 356 g/mol. The number of aliphatic hydroxyl groups excluding tert-OH is 5. The summed E-state index contributed by atoms with van der Waals surface area (Å²) >= 11 is 0. The van der Waals surface area contributed by atoms with Crippen molar-refractivity contribution >= 4 is 0 Å². The van der Waals surface area contributed by atoms with Crippen LogP contribution in [-0.4, -0.2) is 85.8 Å². The topological polar surface area (TPSA) is 140 Å². The summed E-state index contributed by atoms with van der Waals surface area (Å²) < 4.78 is 10.9. The van der Waals surface area contributed by atoms with Crippen LogP contribution in [-0.2, 0) is 9.47 Å². The number of hydrogen-bond donors (Lipinski definition) is 6. The molecule has 2 rings (SSSR count). The highest BCUT2D eigenvalue weighted by molar-refractivity contribution is 5.26. The fraction of sp³-hybridized carbons (Fsp3) is 0.842. The summed E-state index contributed by atoms with van der Waals surface area (Å²) in [5.41, 5.74) is 2.06. The first-order valence-corrected chi connectivity index (χ1v) is 9.23. The smallest absolute Gasteiger partial charge is 0.187 e. The van der Waals surface area contributed by atoms with Gasteiger partial charge in [-0.25, -0.2) is 0 Å². The lowest BCUT2D eigenvalue weighted by Crippen LogP contribution is -2.59. The molecule has 2 aliphatic rings. The Labute approximate surface area is 159 Å². The van der Waals surface area contributed by atoms with E-state index in [-0.39, 0.29) is 6.42 Å². The third-order valence-electron chi connectivity index (χ3n) is 5.25. The number of aliphatic hydroxyl groups is 6. The molecule has 8 heteroatoms. The van der Waals surface area contributed by atoms with Gasteiger partial charge in [-0.1, -0.05) is 13.8 Å². The van der Waals surface area contributed by atoms with Crippen molar-refractivity contribution in [3.05, 3.63) is 17.4 Å². The van der Waals surface area contributed by atoms with E-state index < -0.39 is 60.5 Å². The van der Waals surface area contributed by atoms with E-state index in [4.69, 9.17) is 9.47 Å². The van der Waals surface area contributed by atoms with Crippen LogP contribution in [0.25, 0.3) is 0 Å². The highest BCUT2D eigenvalue weighted by Gasteiger charge is 2.45. The van der Waals surface area contributed by atoms with Gasteiger partial charge in [-0.2, -0.15) is 0 Å². The maximum Gasteiger partial charge on any atom is 0.187 e. The van der Waals surface area contributed by atoms with Crippen molar-refractivity contribution in [2.75, 3.05) is 6.61 Å². The first kappa shape index (κ1) is 22.5. The zero-order valence-electron chi connectivity index (χ0n) is 16.2. The molecule has 0 aromatic carbocycles. The SMILES string of the molecule is CC(C=C=C1C(C)(C)CC(O)CC1(C)O)OC1OC(CO)C(O)C(O)C1O. The van der Waals surface area contributed by atoms with E-state index in [2.05, 4.69) is 5.73 Å². The molecule has 8 unspecified atom stereocenters. The molecule has 1 saturated heterocycles. The lowest BCUT2D eigenvalue weighted by molar-refractivity contribution is -0.306. The molecule has 0 radical (unpaired) electrons. The Morgan fingerprint density at radius 1 is 1.15 bits per heavy atom. The van der Waals surface area contributed by atoms with Gasteiger partial charge in [-0.05, 0) is 31.8 Å². The lowest BCUT2D eigenvalue weighted by atomic mass is 9.65. The molecule has 27 heavy (non-hydrogen) atoms. The van der Waals surface area contributed by atoms with Gasteiger partial charge in [-0.3, -0.25) is 0 Å². The van der Waals surface area contributed by atoms with Gasteiger partial charge in [-0.15, -0.1) is 5.73 Å². The highest BCUT2D eigenvalue weighted by Crippen LogP contribution is 2.45. The lowest BCUT2D eigenvalue weighted by Gasteiger charge is -2.43. The summed E-state index contributed by atoms with van der Waals surface area (Å²) in [6, 6.07) is 0. The molecule has 6 N–H and O–H groups in total. The third kappa shape index (κ3) is 4.98. The zero-order chi connectivity index (χ0) is 20.6. The van der Waals surface area contributed by atoms with E-state index in [9.17, 15) is 30.6 Å². The Bertz CT molecular complexity index is 558. The fourth-order valence-corrected chi connectivity index (χ4v) is 4.04. The maximum absolute atomic E-state index is 10.7. The molecule has 8 atom stereocenters. The van der Waals surface area contributed by atoms with Crippen molar-refractivity contribution < 1.29 is 40.1 Å². The van der Waals surface area contributed by atoms with Gasteiger partial charge in [0.05, 0.1) is 24.4 Å². The Kier molecular flexibility index (Phi) is 6.90. The van der Waals surface area contributed by atoms with Crippen molar-refractivity contribution in [2.24, 2.45) is 5.41 Å². The molecule has 0 aromatic heterocycles. The van der Waals surface area contributed by atoms with Crippen LogP contribution in [0.1, 0.15) is 40.5 Å². The van der Waals surface area contributed by atoms with Crippen LogP contribution in [0.4, 0.5) is 0 Å². The predicted octanol–water partition coefficient (Wildman–Crippen LogP) is -0.795. The Hall–Kier alpha value is -0.800. The molecule has 8 nitrogen and oxygen atoms in total. The van der Waals surface area contributed by atoms with Crippen LogP contribution < -0.4 is 0 Å². The second-order valence-corrected chi connectivity index (χ2v) is 8.44. The quantitative estimate of drug-likeness (QED) is 0.344. The van der Waals surface area contributed by atoms with Crippen molar-refractivity contribution in [1.29, 1.82) is 0 Å². The van der Waals surface area contributed by atoms with Gasteiger partial charge in [0.2, 0.25) is 0 Å². The molecule has 1 aliphatic heterocycles. The van der Waals surface area contributed by atoms with Crippen LogP contribution in [0.5, 0.6) is 0 Å². The van der Waals surface area contributed by atoms with Crippen LogP contribution in [0, 0.1) is 5.41 Å². The summed E-state index contributed by atoms with van der Waals surface area (Å²) in [5.74, 6) is 0. The monoisotopic (exact) mass is 388 g/mol. The fourth-order valence-electron chi connectivity index (χ4n) is 4.04. The van der Waals surface area contributed by atoms with E-state index in [0.717, 1.165) is 0 Å². The van der Waals surface area contributed by atoms with Crippen molar-refractivity contribution in [1.82, 2.24) is 0 Å². The largest absolute Gasteiger partial charge is 0.394 e. The van der Waals surface area contributed by atoms with Crippen LogP contribution in [0.15, 0.2) is 17.4 Å². The molecule has 2 fully saturated rings. The Morgan fingerprint density at radius 3 is 2.33 bits per heavy atom. The second kappa shape index (κ2) is 8.29. The Balaban J connectivity index is 2.16. The van der Waals surface area contributed by atoms with Gasteiger partial charge in [0.15, 0.2) is 6.29 Å². The summed E-state index contributed by atoms with van der Waals surface area (Å²) in [4.78, 5) is 0. The molecule has 0 aromatic rings.